The van der Waals surface area contributed by atoms with Gasteiger partial charge in [-0.05, 0) is 25.1 Å². The number of ether oxygens (including phenoxy) is 1. The second-order valence-corrected chi connectivity index (χ2v) is 4.30. The molecule has 0 saturated heterocycles. The Balaban J connectivity index is 2.80. The van der Waals surface area contributed by atoms with Gasteiger partial charge in [-0.3, -0.25) is 4.90 Å². The summed E-state index contributed by atoms with van der Waals surface area (Å²) < 4.78 is 18.4. The first-order valence-corrected chi connectivity index (χ1v) is 6.32. The SMILES string of the molecule is CCCN(CCO)Cc1ccc(C(=O)OC)cc1F. The van der Waals surface area contributed by atoms with Crippen molar-refractivity contribution in [3.05, 3.63) is 35.1 Å². The lowest BCUT2D eigenvalue weighted by atomic mass is 10.1. The number of aliphatic hydroxyl groups excluding tert-OH is 1. The molecular formula is C14H20FNO3. The van der Waals surface area contributed by atoms with Gasteiger partial charge in [-0.2, -0.15) is 0 Å². The maximum atomic E-state index is 13.9. The van der Waals surface area contributed by atoms with E-state index in [1.54, 1.807) is 12.1 Å². The first kappa shape index (κ1) is 15.6. The topological polar surface area (TPSA) is 49.8 Å². The monoisotopic (exact) mass is 269 g/mol. The molecule has 4 nitrogen and oxygen atoms in total. The molecule has 0 radical (unpaired) electrons. The van der Waals surface area contributed by atoms with E-state index in [1.165, 1.54) is 13.2 Å². The summed E-state index contributed by atoms with van der Waals surface area (Å²) in [5.41, 5.74) is 0.711. The molecule has 0 bridgehead atoms. The third kappa shape index (κ3) is 4.61. The normalized spacial score (nSPS) is 10.8. The second kappa shape index (κ2) is 7.86. The van der Waals surface area contributed by atoms with Gasteiger partial charge in [0.25, 0.3) is 0 Å². The lowest BCUT2D eigenvalue weighted by molar-refractivity contribution is 0.0600. The Hall–Kier alpha value is -1.46. The number of nitrogens with zero attached hydrogens (tertiary/aromatic N) is 1. The van der Waals surface area contributed by atoms with Crippen LogP contribution in [0, 0.1) is 5.82 Å². The van der Waals surface area contributed by atoms with Crippen LogP contribution in [0.25, 0.3) is 0 Å². The molecule has 5 heteroatoms. The molecule has 0 atom stereocenters. The highest BCUT2D eigenvalue weighted by Crippen LogP contribution is 2.14. The van der Waals surface area contributed by atoms with Gasteiger partial charge in [0, 0.05) is 18.7 Å². The lowest BCUT2D eigenvalue weighted by Crippen LogP contribution is -2.27. The maximum absolute atomic E-state index is 13.9. The number of rotatable bonds is 7. The van der Waals surface area contributed by atoms with E-state index in [4.69, 9.17) is 5.11 Å². The number of hydrogen-bond acceptors (Lipinski definition) is 4. The van der Waals surface area contributed by atoms with Gasteiger partial charge in [0.05, 0.1) is 19.3 Å². The zero-order valence-electron chi connectivity index (χ0n) is 11.4. The van der Waals surface area contributed by atoms with E-state index in [0.29, 0.717) is 18.7 Å². The molecule has 106 valence electrons. The summed E-state index contributed by atoms with van der Waals surface area (Å²) in [6, 6.07) is 4.32. The predicted octanol–water partition coefficient (Wildman–Crippen LogP) is 1.82. The summed E-state index contributed by atoms with van der Waals surface area (Å²) in [4.78, 5) is 13.2. The van der Waals surface area contributed by atoms with Crippen LogP contribution in [0.3, 0.4) is 0 Å². The van der Waals surface area contributed by atoms with E-state index in [0.717, 1.165) is 13.0 Å². The highest BCUT2D eigenvalue weighted by Gasteiger charge is 2.12. The van der Waals surface area contributed by atoms with E-state index in [9.17, 15) is 9.18 Å². The number of benzene rings is 1. The van der Waals surface area contributed by atoms with Crippen LogP contribution in [-0.4, -0.2) is 42.8 Å². The highest BCUT2D eigenvalue weighted by molar-refractivity contribution is 5.89. The van der Waals surface area contributed by atoms with Crippen molar-refractivity contribution in [2.75, 3.05) is 26.8 Å². The largest absolute Gasteiger partial charge is 0.465 e. The number of halogens is 1. The maximum Gasteiger partial charge on any atom is 0.337 e. The first-order valence-electron chi connectivity index (χ1n) is 6.32. The van der Waals surface area contributed by atoms with Gasteiger partial charge in [0.2, 0.25) is 0 Å². The fourth-order valence-corrected chi connectivity index (χ4v) is 1.89. The van der Waals surface area contributed by atoms with Crippen LogP contribution in [0.5, 0.6) is 0 Å². The van der Waals surface area contributed by atoms with Gasteiger partial charge in [0.1, 0.15) is 5.82 Å². The van der Waals surface area contributed by atoms with Gasteiger partial charge < -0.3 is 9.84 Å². The molecule has 1 N–H and O–H groups in total. The van der Waals surface area contributed by atoms with Crippen molar-refractivity contribution >= 4 is 5.97 Å². The van der Waals surface area contributed by atoms with E-state index < -0.39 is 11.8 Å². The molecule has 0 aliphatic carbocycles. The van der Waals surface area contributed by atoms with E-state index in [-0.39, 0.29) is 12.2 Å². The minimum Gasteiger partial charge on any atom is -0.465 e. The van der Waals surface area contributed by atoms with Crippen LogP contribution in [-0.2, 0) is 11.3 Å². The average molecular weight is 269 g/mol. The molecule has 19 heavy (non-hydrogen) atoms. The summed E-state index contributed by atoms with van der Waals surface area (Å²) >= 11 is 0. The van der Waals surface area contributed by atoms with Crippen molar-refractivity contribution in [3.63, 3.8) is 0 Å². The van der Waals surface area contributed by atoms with Crippen LogP contribution < -0.4 is 0 Å². The summed E-state index contributed by atoms with van der Waals surface area (Å²) in [6.07, 6.45) is 0.932. The minimum absolute atomic E-state index is 0.0435. The Labute approximate surface area is 112 Å². The van der Waals surface area contributed by atoms with E-state index >= 15 is 0 Å². The highest BCUT2D eigenvalue weighted by atomic mass is 19.1. The Kier molecular flexibility index (Phi) is 6.45. The smallest absolute Gasteiger partial charge is 0.337 e. The molecule has 1 aromatic rings. The summed E-state index contributed by atoms with van der Waals surface area (Å²) in [5.74, 6) is -0.979. The van der Waals surface area contributed by atoms with Crippen LogP contribution in [0.1, 0.15) is 29.3 Å². The van der Waals surface area contributed by atoms with Gasteiger partial charge in [-0.15, -0.1) is 0 Å². The van der Waals surface area contributed by atoms with Crippen molar-refractivity contribution in [3.8, 4) is 0 Å². The Bertz CT molecular complexity index is 417. The summed E-state index contributed by atoms with van der Waals surface area (Å²) in [6.45, 7) is 3.79. The molecule has 0 unspecified atom stereocenters. The lowest BCUT2D eigenvalue weighted by Gasteiger charge is -2.20. The number of carbonyl (C=O) groups is 1. The average Bonchev–Trinajstić information content (AvgIpc) is 2.40. The summed E-state index contributed by atoms with van der Waals surface area (Å²) in [5, 5.41) is 8.96. The van der Waals surface area contributed by atoms with Crippen LogP contribution >= 0.6 is 0 Å². The molecule has 0 aliphatic heterocycles. The molecule has 0 saturated carbocycles. The zero-order chi connectivity index (χ0) is 14.3. The van der Waals surface area contributed by atoms with Gasteiger partial charge >= 0.3 is 5.97 Å². The molecule has 0 aliphatic rings. The van der Waals surface area contributed by atoms with Gasteiger partial charge in [0.15, 0.2) is 0 Å². The predicted molar refractivity (Wildman–Crippen MR) is 70.4 cm³/mol. The van der Waals surface area contributed by atoms with E-state index in [2.05, 4.69) is 4.74 Å². The molecular weight excluding hydrogens is 249 g/mol. The zero-order valence-corrected chi connectivity index (χ0v) is 11.4. The van der Waals surface area contributed by atoms with Crippen molar-refractivity contribution in [2.24, 2.45) is 0 Å². The fourth-order valence-electron chi connectivity index (χ4n) is 1.89. The second-order valence-electron chi connectivity index (χ2n) is 4.30. The van der Waals surface area contributed by atoms with Crippen molar-refractivity contribution in [2.45, 2.75) is 19.9 Å². The number of carbonyl (C=O) groups excluding carboxylic acids is 1. The van der Waals surface area contributed by atoms with E-state index in [1.807, 2.05) is 11.8 Å². The molecule has 1 aromatic carbocycles. The van der Waals surface area contributed by atoms with Crippen molar-refractivity contribution < 1.29 is 19.0 Å². The number of methoxy groups -OCH3 is 1. The van der Waals surface area contributed by atoms with Crippen LogP contribution in [0.2, 0.25) is 0 Å². The van der Waals surface area contributed by atoms with Crippen LogP contribution in [0.4, 0.5) is 4.39 Å². The minimum atomic E-state index is -0.550. The van der Waals surface area contributed by atoms with Crippen LogP contribution in [0.15, 0.2) is 18.2 Å². The molecule has 0 fully saturated rings. The third-order valence-corrected chi connectivity index (χ3v) is 2.82. The summed E-state index contributed by atoms with van der Waals surface area (Å²) in [7, 11) is 1.26. The quantitative estimate of drug-likeness (QED) is 0.767. The molecule has 1 rings (SSSR count). The van der Waals surface area contributed by atoms with Gasteiger partial charge in [-0.1, -0.05) is 13.0 Å². The van der Waals surface area contributed by atoms with Crippen molar-refractivity contribution in [1.29, 1.82) is 0 Å². The standard InChI is InChI=1S/C14H20FNO3/c1-3-6-16(7-8-17)10-12-5-4-11(9-13(12)15)14(18)19-2/h4-5,9,17H,3,6-8,10H2,1-2H3. The molecule has 0 spiro atoms. The molecule has 0 amide bonds. The molecule has 0 aromatic heterocycles. The van der Waals surface area contributed by atoms with Gasteiger partial charge in [-0.25, -0.2) is 9.18 Å². The Morgan fingerprint density at radius 3 is 2.68 bits per heavy atom. The molecule has 0 heterocycles. The Morgan fingerprint density at radius 1 is 1.42 bits per heavy atom. The number of aliphatic hydroxyl groups is 1. The van der Waals surface area contributed by atoms with Crippen molar-refractivity contribution in [1.82, 2.24) is 4.90 Å². The number of esters is 1. The number of hydrogen-bond donors (Lipinski definition) is 1. The fraction of sp³-hybridized carbons (Fsp3) is 0.500. The Morgan fingerprint density at radius 2 is 2.16 bits per heavy atom. The third-order valence-electron chi connectivity index (χ3n) is 2.82. The first-order chi connectivity index (χ1) is 9.12.